The number of rotatable bonds is 2. The highest BCUT2D eigenvalue weighted by molar-refractivity contribution is 5.89. The van der Waals surface area contributed by atoms with Crippen LogP contribution in [0.5, 0.6) is 0 Å². The Morgan fingerprint density at radius 2 is 1.79 bits per heavy atom. The van der Waals surface area contributed by atoms with Gasteiger partial charge in [0, 0.05) is 0 Å². The Bertz CT molecular complexity index is 374. The lowest BCUT2D eigenvalue weighted by Gasteiger charge is -1.99. The number of aryl methyl sites for hydroxylation is 2. The van der Waals surface area contributed by atoms with Gasteiger partial charge in [0.1, 0.15) is 0 Å². The van der Waals surface area contributed by atoms with Crippen molar-refractivity contribution in [2.45, 2.75) is 13.8 Å². The highest BCUT2D eigenvalue weighted by Gasteiger charge is 2.04. The molecule has 1 N–H and O–H groups in total. The van der Waals surface area contributed by atoms with Gasteiger partial charge in [-0.05, 0) is 25.5 Å². The second kappa shape index (κ2) is 4.05. The van der Waals surface area contributed by atoms with Gasteiger partial charge in [-0.25, -0.2) is 4.79 Å². The van der Waals surface area contributed by atoms with Gasteiger partial charge < -0.3 is 5.11 Å². The van der Waals surface area contributed by atoms with Crippen molar-refractivity contribution in [2.24, 2.45) is 0 Å². The summed E-state index contributed by atoms with van der Waals surface area (Å²) in [7, 11) is 0. The maximum atomic E-state index is 12.7. The van der Waals surface area contributed by atoms with E-state index in [1.807, 2.05) is 19.9 Å². The molecule has 2 nitrogen and oxygen atoms in total. The SMILES string of the molecule is Cc1cc(C)cc(C=C(F)C(=O)O)c1. The Balaban J connectivity index is 3.08. The lowest BCUT2D eigenvalue weighted by molar-refractivity contribution is -0.134. The van der Waals surface area contributed by atoms with Crippen LogP contribution < -0.4 is 0 Å². The van der Waals surface area contributed by atoms with Gasteiger partial charge in [0.2, 0.25) is 5.83 Å². The van der Waals surface area contributed by atoms with E-state index in [1.165, 1.54) is 0 Å². The molecule has 0 unspecified atom stereocenters. The maximum absolute atomic E-state index is 12.7. The summed E-state index contributed by atoms with van der Waals surface area (Å²) in [5.74, 6) is -2.68. The second-order valence-electron chi connectivity index (χ2n) is 3.22. The van der Waals surface area contributed by atoms with Crippen molar-refractivity contribution in [2.75, 3.05) is 0 Å². The summed E-state index contributed by atoms with van der Waals surface area (Å²) in [5, 5.41) is 8.34. The van der Waals surface area contributed by atoms with Gasteiger partial charge in [0.05, 0.1) is 0 Å². The number of carboxylic acid groups (broad SMARTS) is 1. The van der Waals surface area contributed by atoms with E-state index in [1.54, 1.807) is 12.1 Å². The molecule has 1 aromatic rings. The molecular weight excluding hydrogens is 183 g/mol. The van der Waals surface area contributed by atoms with Crippen molar-refractivity contribution in [3.05, 3.63) is 40.7 Å². The van der Waals surface area contributed by atoms with Crippen molar-refractivity contribution in [1.82, 2.24) is 0 Å². The minimum absolute atomic E-state index is 0.572. The molecule has 0 spiro atoms. The average Bonchev–Trinajstić information content (AvgIpc) is 2.01. The highest BCUT2D eigenvalue weighted by atomic mass is 19.1. The Labute approximate surface area is 81.7 Å². The van der Waals surface area contributed by atoms with Crippen molar-refractivity contribution in [3.8, 4) is 0 Å². The molecule has 14 heavy (non-hydrogen) atoms. The molecule has 0 aromatic heterocycles. The van der Waals surface area contributed by atoms with E-state index in [0.29, 0.717) is 5.56 Å². The highest BCUT2D eigenvalue weighted by Crippen LogP contribution is 2.13. The molecule has 0 aliphatic heterocycles. The van der Waals surface area contributed by atoms with Crippen LogP contribution in [0.25, 0.3) is 6.08 Å². The van der Waals surface area contributed by atoms with E-state index >= 15 is 0 Å². The number of aliphatic carboxylic acids is 1. The molecule has 3 heteroatoms. The molecule has 0 bridgehead atoms. The third kappa shape index (κ3) is 2.69. The molecule has 0 atom stereocenters. The Morgan fingerprint density at radius 1 is 1.29 bits per heavy atom. The first-order chi connectivity index (χ1) is 6.49. The fourth-order valence-electron chi connectivity index (χ4n) is 1.30. The van der Waals surface area contributed by atoms with Crippen molar-refractivity contribution < 1.29 is 14.3 Å². The normalized spacial score (nSPS) is 11.5. The van der Waals surface area contributed by atoms with Gasteiger partial charge in [-0.3, -0.25) is 0 Å². The van der Waals surface area contributed by atoms with E-state index in [4.69, 9.17) is 5.11 Å². The van der Waals surface area contributed by atoms with Crippen LogP contribution in [0.1, 0.15) is 16.7 Å². The molecular formula is C11H11FO2. The number of hydrogen-bond acceptors (Lipinski definition) is 1. The predicted octanol–water partition coefficient (Wildman–Crippen LogP) is 2.70. The summed E-state index contributed by atoms with van der Waals surface area (Å²) >= 11 is 0. The molecule has 0 aliphatic rings. The third-order valence-electron chi connectivity index (χ3n) is 1.74. The van der Waals surface area contributed by atoms with Crippen LogP contribution in [0.3, 0.4) is 0 Å². The second-order valence-corrected chi connectivity index (χ2v) is 3.22. The van der Waals surface area contributed by atoms with Crippen molar-refractivity contribution in [3.63, 3.8) is 0 Å². The molecule has 74 valence electrons. The Kier molecular flexibility index (Phi) is 3.02. The largest absolute Gasteiger partial charge is 0.476 e. The average molecular weight is 194 g/mol. The molecule has 0 radical (unpaired) electrons. The van der Waals surface area contributed by atoms with Gasteiger partial charge in [-0.1, -0.05) is 29.3 Å². The summed E-state index contributed by atoms with van der Waals surface area (Å²) in [6.45, 7) is 3.76. The van der Waals surface area contributed by atoms with Crippen LogP contribution >= 0.6 is 0 Å². The van der Waals surface area contributed by atoms with E-state index in [9.17, 15) is 9.18 Å². The molecule has 0 saturated carbocycles. The first-order valence-electron chi connectivity index (χ1n) is 4.18. The van der Waals surface area contributed by atoms with Gasteiger partial charge in [-0.2, -0.15) is 4.39 Å². The summed E-state index contributed by atoms with van der Waals surface area (Å²) in [4.78, 5) is 10.2. The van der Waals surface area contributed by atoms with Crippen LogP contribution in [0.15, 0.2) is 24.0 Å². The Hall–Kier alpha value is -1.64. The van der Waals surface area contributed by atoms with Crippen LogP contribution in [0.4, 0.5) is 4.39 Å². The molecule has 0 fully saturated rings. The van der Waals surface area contributed by atoms with Gasteiger partial charge >= 0.3 is 5.97 Å². The first-order valence-corrected chi connectivity index (χ1v) is 4.18. The van der Waals surface area contributed by atoms with Crippen LogP contribution in [0.2, 0.25) is 0 Å². The summed E-state index contributed by atoms with van der Waals surface area (Å²) in [6.07, 6.45) is 1.02. The van der Waals surface area contributed by atoms with Crippen molar-refractivity contribution in [1.29, 1.82) is 0 Å². The zero-order chi connectivity index (χ0) is 10.7. The number of carbonyl (C=O) groups is 1. The third-order valence-corrected chi connectivity index (χ3v) is 1.74. The summed E-state index contributed by atoms with van der Waals surface area (Å²) < 4.78 is 12.7. The monoisotopic (exact) mass is 194 g/mol. The minimum Gasteiger partial charge on any atom is -0.476 e. The minimum atomic E-state index is -1.54. The molecule has 0 heterocycles. The van der Waals surface area contributed by atoms with Gasteiger partial charge in [0.15, 0.2) is 0 Å². The van der Waals surface area contributed by atoms with E-state index in [-0.39, 0.29) is 0 Å². The fourth-order valence-corrected chi connectivity index (χ4v) is 1.30. The lowest BCUT2D eigenvalue weighted by atomic mass is 10.1. The van der Waals surface area contributed by atoms with Gasteiger partial charge in [-0.15, -0.1) is 0 Å². The fraction of sp³-hybridized carbons (Fsp3) is 0.182. The zero-order valence-electron chi connectivity index (χ0n) is 8.04. The first kappa shape index (κ1) is 10.4. The number of halogens is 1. The molecule has 1 rings (SSSR count). The van der Waals surface area contributed by atoms with Crippen molar-refractivity contribution >= 4 is 12.0 Å². The topological polar surface area (TPSA) is 37.3 Å². The smallest absolute Gasteiger partial charge is 0.364 e. The maximum Gasteiger partial charge on any atom is 0.364 e. The number of benzene rings is 1. The Morgan fingerprint density at radius 3 is 2.21 bits per heavy atom. The van der Waals surface area contributed by atoms with E-state index in [0.717, 1.165) is 17.2 Å². The summed E-state index contributed by atoms with van der Waals surface area (Å²) in [6, 6.07) is 5.40. The molecule has 0 aliphatic carbocycles. The van der Waals surface area contributed by atoms with Crippen LogP contribution in [-0.2, 0) is 4.79 Å². The summed E-state index contributed by atoms with van der Waals surface area (Å²) in [5.41, 5.74) is 2.53. The quantitative estimate of drug-likeness (QED) is 0.735. The number of carboxylic acids is 1. The molecule has 1 aromatic carbocycles. The zero-order valence-corrected chi connectivity index (χ0v) is 8.04. The predicted molar refractivity (Wildman–Crippen MR) is 52.6 cm³/mol. The molecule has 0 amide bonds. The van der Waals surface area contributed by atoms with E-state index in [2.05, 4.69) is 0 Å². The molecule has 0 saturated heterocycles. The van der Waals surface area contributed by atoms with Crippen LogP contribution in [-0.4, -0.2) is 11.1 Å². The standard InChI is InChI=1S/C11H11FO2/c1-7-3-8(2)5-9(4-7)6-10(12)11(13)14/h3-6H,1-2H3,(H,13,14). The number of hydrogen-bond donors (Lipinski definition) is 1. The van der Waals surface area contributed by atoms with Gasteiger partial charge in [0.25, 0.3) is 0 Å². The lowest BCUT2D eigenvalue weighted by Crippen LogP contribution is -1.94. The van der Waals surface area contributed by atoms with E-state index < -0.39 is 11.8 Å². The van der Waals surface area contributed by atoms with Crippen LogP contribution in [0, 0.1) is 13.8 Å².